The normalized spacial score (nSPS) is 15.7. The minimum absolute atomic E-state index is 0.0163. The van der Waals surface area contributed by atoms with Crippen LogP contribution in [-0.2, 0) is 0 Å². The summed E-state index contributed by atoms with van der Waals surface area (Å²) in [4.78, 5) is 10.8. The SMILES string of the molecule is O=[N+]([O-])c1c(C2CCCC2)nn(-c2cccnn2)c1Cl. The third-order valence-corrected chi connectivity index (χ3v) is 3.87. The summed E-state index contributed by atoms with van der Waals surface area (Å²) in [5.74, 6) is 0.482. The summed E-state index contributed by atoms with van der Waals surface area (Å²) in [6, 6.07) is 3.34. The van der Waals surface area contributed by atoms with Crippen LogP contribution >= 0.6 is 11.6 Å². The summed E-state index contributed by atoms with van der Waals surface area (Å²) >= 11 is 6.13. The second-order valence-electron chi connectivity index (χ2n) is 4.76. The van der Waals surface area contributed by atoms with Crippen LogP contribution in [0.15, 0.2) is 18.3 Å². The van der Waals surface area contributed by atoms with Crippen LogP contribution in [0.5, 0.6) is 0 Å². The summed E-state index contributed by atoms with van der Waals surface area (Å²) < 4.78 is 1.29. The summed E-state index contributed by atoms with van der Waals surface area (Å²) in [7, 11) is 0. The van der Waals surface area contributed by atoms with Gasteiger partial charge in [0, 0.05) is 12.1 Å². The van der Waals surface area contributed by atoms with Gasteiger partial charge in [0.25, 0.3) is 0 Å². The summed E-state index contributed by atoms with van der Waals surface area (Å²) in [5.41, 5.74) is 0.354. The first kappa shape index (κ1) is 13.0. The zero-order valence-electron chi connectivity index (χ0n) is 10.6. The van der Waals surface area contributed by atoms with Crippen LogP contribution in [0.2, 0.25) is 5.15 Å². The van der Waals surface area contributed by atoms with Gasteiger partial charge >= 0.3 is 5.69 Å². The third-order valence-electron chi connectivity index (χ3n) is 3.53. The van der Waals surface area contributed by atoms with E-state index in [0.717, 1.165) is 25.7 Å². The van der Waals surface area contributed by atoms with E-state index in [0.29, 0.717) is 11.5 Å². The molecule has 2 heterocycles. The lowest BCUT2D eigenvalue weighted by Crippen LogP contribution is -2.02. The molecule has 1 aliphatic carbocycles. The highest BCUT2D eigenvalue weighted by Crippen LogP contribution is 2.41. The molecule has 1 fully saturated rings. The lowest BCUT2D eigenvalue weighted by atomic mass is 10.0. The average molecular weight is 294 g/mol. The fraction of sp³-hybridized carbons (Fsp3) is 0.417. The molecule has 2 aromatic heterocycles. The van der Waals surface area contributed by atoms with Gasteiger partial charge in [0.05, 0.1) is 4.92 Å². The van der Waals surface area contributed by atoms with Crippen molar-refractivity contribution < 1.29 is 4.92 Å². The Balaban J connectivity index is 2.13. The molecule has 3 rings (SSSR count). The minimum atomic E-state index is -0.462. The molecule has 104 valence electrons. The highest BCUT2D eigenvalue weighted by Gasteiger charge is 2.33. The molecule has 0 radical (unpaired) electrons. The van der Waals surface area contributed by atoms with Crippen molar-refractivity contribution in [3.05, 3.63) is 39.3 Å². The van der Waals surface area contributed by atoms with E-state index in [2.05, 4.69) is 15.3 Å². The van der Waals surface area contributed by atoms with Crippen molar-refractivity contribution in [1.29, 1.82) is 0 Å². The number of aromatic nitrogens is 4. The topological polar surface area (TPSA) is 86.7 Å². The molecule has 0 saturated heterocycles. The first-order valence-corrected chi connectivity index (χ1v) is 6.77. The van der Waals surface area contributed by atoms with Crippen molar-refractivity contribution in [2.45, 2.75) is 31.6 Å². The maximum atomic E-state index is 11.3. The summed E-state index contributed by atoms with van der Waals surface area (Å²) in [6.07, 6.45) is 5.48. The molecule has 7 nitrogen and oxygen atoms in total. The molecule has 1 aliphatic rings. The van der Waals surface area contributed by atoms with Gasteiger partial charge in [-0.15, -0.1) is 5.10 Å². The van der Waals surface area contributed by atoms with E-state index >= 15 is 0 Å². The van der Waals surface area contributed by atoms with Crippen molar-refractivity contribution in [2.75, 3.05) is 0 Å². The Morgan fingerprint density at radius 3 is 2.75 bits per heavy atom. The lowest BCUT2D eigenvalue weighted by Gasteiger charge is -2.03. The fourth-order valence-corrected chi connectivity index (χ4v) is 2.90. The first-order valence-electron chi connectivity index (χ1n) is 6.39. The monoisotopic (exact) mass is 293 g/mol. The number of nitro groups is 1. The van der Waals surface area contributed by atoms with Crippen molar-refractivity contribution in [1.82, 2.24) is 20.0 Å². The molecule has 0 aliphatic heterocycles. The smallest absolute Gasteiger partial charge is 0.258 e. The number of hydrogen-bond acceptors (Lipinski definition) is 5. The van der Waals surface area contributed by atoms with Gasteiger partial charge in [-0.3, -0.25) is 10.1 Å². The van der Waals surface area contributed by atoms with E-state index in [4.69, 9.17) is 11.6 Å². The highest BCUT2D eigenvalue weighted by atomic mass is 35.5. The zero-order chi connectivity index (χ0) is 14.1. The van der Waals surface area contributed by atoms with E-state index in [-0.39, 0.29) is 16.8 Å². The zero-order valence-corrected chi connectivity index (χ0v) is 11.3. The van der Waals surface area contributed by atoms with Crippen LogP contribution in [0.25, 0.3) is 5.82 Å². The second kappa shape index (κ2) is 5.16. The molecule has 2 aromatic rings. The Labute approximate surface area is 119 Å². The average Bonchev–Trinajstić information content (AvgIpc) is 3.06. The Kier molecular flexibility index (Phi) is 3.35. The van der Waals surface area contributed by atoms with Crippen LogP contribution in [0.3, 0.4) is 0 Å². The second-order valence-corrected chi connectivity index (χ2v) is 5.11. The van der Waals surface area contributed by atoms with Crippen LogP contribution in [0, 0.1) is 10.1 Å². The molecule has 0 aromatic carbocycles. The first-order chi connectivity index (χ1) is 9.68. The Morgan fingerprint density at radius 2 is 2.15 bits per heavy atom. The van der Waals surface area contributed by atoms with Crippen molar-refractivity contribution in [2.24, 2.45) is 0 Å². The molecule has 8 heteroatoms. The van der Waals surface area contributed by atoms with E-state index in [1.54, 1.807) is 12.1 Å². The van der Waals surface area contributed by atoms with E-state index in [9.17, 15) is 10.1 Å². The van der Waals surface area contributed by atoms with E-state index in [1.165, 1.54) is 10.9 Å². The Bertz CT molecular complexity index is 637. The molecule has 0 amide bonds. The maximum Gasteiger partial charge on any atom is 0.329 e. The standard InChI is InChI=1S/C12H12ClN5O2/c13-12-11(18(19)20)10(8-4-1-2-5-8)16-17(12)9-6-3-7-14-15-9/h3,6-8H,1-2,4-5H2. The molecular weight excluding hydrogens is 282 g/mol. The highest BCUT2D eigenvalue weighted by molar-refractivity contribution is 6.32. The number of halogens is 1. The van der Waals surface area contributed by atoms with Gasteiger partial charge in [0.1, 0.15) is 5.69 Å². The van der Waals surface area contributed by atoms with Crippen LogP contribution in [-0.4, -0.2) is 24.9 Å². The van der Waals surface area contributed by atoms with Crippen LogP contribution < -0.4 is 0 Å². The quantitative estimate of drug-likeness (QED) is 0.641. The van der Waals surface area contributed by atoms with E-state index < -0.39 is 4.92 Å². The molecule has 0 N–H and O–H groups in total. The van der Waals surface area contributed by atoms with Crippen molar-refractivity contribution >= 4 is 17.3 Å². The predicted molar refractivity (Wildman–Crippen MR) is 72.0 cm³/mol. The van der Waals surface area contributed by atoms with Crippen LogP contribution in [0.1, 0.15) is 37.3 Å². The lowest BCUT2D eigenvalue weighted by molar-refractivity contribution is -0.385. The molecule has 20 heavy (non-hydrogen) atoms. The molecule has 1 saturated carbocycles. The predicted octanol–water partition coefficient (Wildman–Crippen LogP) is 2.88. The largest absolute Gasteiger partial charge is 0.329 e. The van der Waals surface area contributed by atoms with Gasteiger partial charge in [-0.05, 0) is 25.0 Å². The van der Waals surface area contributed by atoms with Gasteiger partial charge in [-0.25, -0.2) is 0 Å². The van der Waals surface area contributed by atoms with Crippen LogP contribution in [0.4, 0.5) is 5.69 Å². The Hall–Kier alpha value is -2.02. The minimum Gasteiger partial charge on any atom is -0.258 e. The third kappa shape index (κ3) is 2.14. The maximum absolute atomic E-state index is 11.3. The summed E-state index contributed by atoms with van der Waals surface area (Å²) in [5, 5.41) is 23.2. The van der Waals surface area contributed by atoms with Crippen molar-refractivity contribution in [3.63, 3.8) is 0 Å². The fourth-order valence-electron chi connectivity index (χ4n) is 2.61. The van der Waals surface area contributed by atoms with Gasteiger partial charge in [0.2, 0.25) is 5.15 Å². The van der Waals surface area contributed by atoms with Crippen molar-refractivity contribution in [3.8, 4) is 5.82 Å². The number of hydrogen-bond donors (Lipinski definition) is 0. The summed E-state index contributed by atoms with van der Waals surface area (Å²) in [6.45, 7) is 0. The van der Waals surface area contributed by atoms with Gasteiger partial charge < -0.3 is 0 Å². The van der Waals surface area contributed by atoms with Gasteiger partial charge in [0.15, 0.2) is 5.82 Å². The van der Waals surface area contributed by atoms with Gasteiger partial charge in [-0.1, -0.05) is 24.4 Å². The molecule has 0 atom stereocenters. The number of rotatable bonds is 3. The van der Waals surface area contributed by atoms with E-state index in [1.807, 2.05) is 0 Å². The molecule has 0 unspecified atom stereocenters. The van der Waals surface area contributed by atoms with Gasteiger partial charge in [-0.2, -0.15) is 14.9 Å². The molecule has 0 bridgehead atoms. The molecular formula is C12H12ClN5O2. The molecule has 0 spiro atoms. The Morgan fingerprint density at radius 1 is 1.40 bits per heavy atom. The number of nitrogens with zero attached hydrogens (tertiary/aromatic N) is 5.